The van der Waals surface area contributed by atoms with E-state index >= 15 is 0 Å². The van der Waals surface area contributed by atoms with Crippen LogP contribution in [0.1, 0.15) is 38.9 Å². The summed E-state index contributed by atoms with van der Waals surface area (Å²) < 4.78 is 4.95. The maximum Gasteiger partial charge on any atom is 0.239 e. The highest BCUT2D eigenvalue weighted by molar-refractivity contribution is 5.91. The average Bonchev–Trinajstić information content (AvgIpc) is 3.05. The smallest absolute Gasteiger partial charge is 0.239 e. The minimum atomic E-state index is -0.0973. The number of carbonyl (C=O) groups is 2. The number of rotatable bonds is 6. The number of hydrogen-bond acceptors (Lipinski definition) is 6. The number of amides is 2. The molecule has 2 heterocycles. The van der Waals surface area contributed by atoms with Gasteiger partial charge in [0.25, 0.3) is 0 Å². The molecule has 3 rings (SSSR count). The Hall–Kier alpha value is -1.93. The zero-order valence-electron chi connectivity index (χ0n) is 17.2. The number of hydrogen-bond donors (Lipinski definition) is 2. The summed E-state index contributed by atoms with van der Waals surface area (Å²) in [6.45, 7) is 10.2. The molecule has 28 heavy (non-hydrogen) atoms. The Balaban J connectivity index is 1.35. The van der Waals surface area contributed by atoms with Crippen LogP contribution in [0.15, 0.2) is 10.6 Å². The number of nitrogens with one attached hydrogen (secondary N) is 2. The lowest BCUT2D eigenvalue weighted by molar-refractivity contribution is -0.124. The molecule has 1 aromatic heterocycles. The summed E-state index contributed by atoms with van der Waals surface area (Å²) in [6, 6.07) is 2.00. The Morgan fingerprint density at radius 3 is 2.36 bits per heavy atom. The predicted octanol–water partition coefficient (Wildman–Crippen LogP) is 1.48. The van der Waals surface area contributed by atoms with E-state index in [1.54, 1.807) is 13.0 Å². The SMILES string of the molecule is Cc1cc(NC(=O)CN2CCN(CC(=O)NC3CCCC(C)C3C)CC2)no1. The molecule has 2 aliphatic rings. The standard InChI is InChI=1S/C20H33N5O3/c1-14-5-4-6-17(16(14)3)21-19(26)12-24-7-9-25(10-8-24)13-20(27)22-18-11-15(2)28-23-18/h11,14,16-17H,4-10,12-13H2,1-3H3,(H,21,26)(H,22,23,27). The molecule has 0 radical (unpaired) electrons. The lowest BCUT2D eigenvalue weighted by Crippen LogP contribution is -2.52. The Labute approximate surface area is 167 Å². The molecule has 0 aromatic carbocycles. The molecular formula is C20H33N5O3. The van der Waals surface area contributed by atoms with E-state index in [9.17, 15) is 9.59 Å². The molecule has 2 N–H and O–H groups in total. The van der Waals surface area contributed by atoms with Gasteiger partial charge in [0.15, 0.2) is 5.82 Å². The molecule has 1 aliphatic heterocycles. The Morgan fingerprint density at radius 2 is 1.75 bits per heavy atom. The van der Waals surface area contributed by atoms with Gasteiger partial charge in [-0.1, -0.05) is 31.8 Å². The van der Waals surface area contributed by atoms with Gasteiger partial charge in [-0.15, -0.1) is 0 Å². The van der Waals surface area contributed by atoms with Crippen LogP contribution in [0.4, 0.5) is 5.82 Å². The largest absolute Gasteiger partial charge is 0.360 e. The van der Waals surface area contributed by atoms with Crippen LogP contribution in [0, 0.1) is 18.8 Å². The van der Waals surface area contributed by atoms with Crippen molar-refractivity contribution in [1.29, 1.82) is 0 Å². The molecule has 1 saturated carbocycles. The molecule has 156 valence electrons. The quantitative estimate of drug-likeness (QED) is 0.763. The molecule has 2 amide bonds. The highest BCUT2D eigenvalue weighted by atomic mass is 16.5. The van der Waals surface area contributed by atoms with Gasteiger partial charge in [0.2, 0.25) is 11.8 Å². The molecule has 1 aromatic rings. The third-order valence-electron chi connectivity index (χ3n) is 6.15. The van der Waals surface area contributed by atoms with Gasteiger partial charge < -0.3 is 15.2 Å². The summed E-state index contributed by atoms with van der Waals surface area (Å²) in [5.41, 5.74) is 0. The number of nitrogens with zero attached hydrogens (tertiary/aromatic N) is 3. The zero-order valence-corrected chi connectivity index (χ0v) is 17.2. The Kier molecular flexibility index (Phi) is 7.07. The number of carbonyl (C=O) groups excluding carboxylic acids is 2. The Bertz CT molecular complexity index is 669. The number of aryl methyl sites for hydroxylation is 1. The number of piperazine rings is 1. The van der Waals surface area contributed by atoms with Crippen LogP contribution >= 0.6 is 0 Å². The molecule has 1 aliphatic carbocycles. The van der Waals surface area contributed by atoms with E-state index in [2.05, 4.69) is 39.4 Å². The van der Waals surface area contributed by atoms with Gasteiger partial charge in [-0.3, -0.25) is 19.4 Å². The third-order valence-corrected chi connectivity index (χ3v) is 6.15. The highest BCUT2D eigenvalue weighted by Crippen LogP contribution is 2.29. The van der Waals surface area contributed by atoms with E-state index in [1.807, 2.05) is 0 Å². The maximum absolute atomic E-state index is 12.4. The van der Waals surface area contributed by atoms with E-state index in [1.165, 1.54) is 12.8 Å². The summed E-state index contributed by atoms with van der Waals surface area (Å²) in [7, 11) is 0. The highest BCUT2D eigenvalue weighted by Gasteiger charge is 2.29. The average molecular weight is 392 g/mol. The molecule has 2 fully saturated rings. The first kappa shape index (κ1) is 20.8. The minimum absolute atomic E-state index is 0.0973. The molecule has 3 unspecified atom stereocenters. The molecular weight excluding hydrogens is 358 g/mol. The second kappa shape index (κ2) is 9.52. The third kappa shape index (κ3) is 5.78. The van der Waals surface area contributed by atoms with Crippen molar-refractivity contribution in [3.63, 3.8) is 0 Å². The lowest BCUT2D eigenvalue weighted by atomic mass is 9.78. The van der Waals surface area contributed by atoms with E-state index in [0.717, 1.165) is 32.6 Å². The second-order valence-corrected chi connectivity index (χ2v) is 8.36. The van der Waals surface area contributed by atoms with E-state index in [4.69, 9.17) is 4.52 Å². The summed E-state index contributed by atoms with van der Waals surface area (Å²) >= 11 is 0. The van der Waals surface area contributed by atoms with Gasteiger partial charge in [-0.25, -0.2) is 0 Å². The van der Waals surface area contributed by atoms with Crippen molar-refractivity contribution in [3.8, 4) is 0 Å². The minimum Gasteiger partial charge on any atom is -0.360 e. The molecule has 0 bridgehead atoms. The van der Waals surface area contributed by atoms with Crippen molar-refractivity contribution >= 4 is 17.6 Å². The monoisotopic (exact) mass is 391 g/mol. The molecule has 1 saturated heterocycles. The summed E-state index contributed by atoms with van der Waals surface area (Å²) in [5.74, 6) is 2.36. The first-order valence-electron chi connectivity index (χ1n) is 10.4. The molecule has 8 heteroatoms. The van der Waals surface area contributed by atoms with Gasteiger partial charge >= 0.3 is 0 Å². The fourth-order valence-corrected chi connectivity index (χ4v) is 4.16. The van der Waals surface area contributed by atoms with Gasteiger partial charge in [0, 0.05) is 38.3 Å². The topological polar surface area (TPSA) is 90.7 Å². The van der Waals surface area contributed by atoms with E-state index in [-0.39, 0.29) is 11.8 Å². The Morgan fingerprint density at radius 1 is 1.11 bits per heavy atom. The molecule has 8 nitrogen and oxygen atoms in total. The number of anilines is 1. The van der Waals surface area contributed by atoms with Crippen molar-refractivity contribution in [2.45, 2.75) is 46.1 Å². The maximum atomic E-state index is 12.4. The summed E-state index contributed by atoms with van der Waals surface area (Å²) in [6.07, 6.45) is 3.55. The van der Waals surface area contributed by atoms with Gasteiger partial charge in [0.1, 0.15) is 5.76 Å². The van der Waals surface area contributed by atoms with Crippen LogP contribution in [0.5, 0.6) is 0 Å². The van der Waals surface area contributed by atoms with Crippen LogP contribution in [0.3, 0.4) is 0 Å². The fourth-order valence-electron chi connectivity index (χ4n) is 4.16. The normalized spacial score (nSPS) is 26.8. The predicted molar refractivity (Wildman–Crippen MR) is 107 cm³/mol. The van der Waals surface area contributed by atoms with Crippen molar-refractivity contribution in [2.24, 2.45) is 11.8 Å². The van der Waals surface area contributed by atoms with Crippen LogP contribution in [0.2, 0.25) is 0 Å². The van der Waals surface area contributed by atoms with Gasteiger partial charge in [-0.05, 0) is 25.2 Å². The van der Waals surface area contributed by atoms with Gasteiger partial charge in [-0.2, -0.15) is 0 Å². The van der Waals surface area contributed by atoms with Crippen molar-refractivity contribution < 1.29 is 14.1 Å². The first-order chi connectivity index (χ1) is 13.4. The van der Waals surface area contributed by atoms with Crippen LogP contribution < -0.4 is 10.6 Å². The van der Waals surface area contributed by atoms with Crippen molar-refractivity contribution in [2.75, 3.05) is 44.6 Å². The number of aromatic nitrogens is 1. The van der Waals surface area contributed by atoms with Crippen LogP contribution in [-0.2, 0) is 9.59 Å². The molecule has 0 spiro atoms. The second-order valence-electron chi connectivity index (χ2n) is 8.36. The summed E-state index contributed by atoms with van der Waals surface area (Å²) in [5, 5.41) is 9.76. The van der Waals surface area contributed by atoms with Crippen LogP contribution in [0.25, 0.3) is 0 Å². The van der Waals surface area contributed by atoms with Crippen LogP contribution in [-0.4, -0.2) is 72.1 Å². The van der Waals surface area contributed by atoms with Crippen molar-refractivity contribution in [1.82, 2.24) is 20.3 Å². The van der Waals surface area contributed by atoms with Crippen molar-refractivity contribution in [3.05, 3.63) is 11.8 Å². The van der Waals surface area contributed by atoms with E-state index in [0.29, 0.717) is 42.5 Å². The van der Waals surface area contributed by atoms with E-state index < -0.39 is 0 Å². The summed E-state index contributed by atoms with van der Waals surface area (Å²) in [4.78, 5) is 28.8. The molecule has 3 atom stereocenters. The first-order valence-corrected chi connectivity index (χ1v) is 10.4. The van der Waals surface area contributed by atoms with Gasteiger partial charge in [0.05, 0.1) is 13.1 Å². The lowest BCUT2D eigenvalue weighted by Gasteiger charge is -2.36. The fraction of sp³-hybridized carbons (Fsp3) is 0.750. The zero-order chi connectivity index (χ0) is 20.1.